The summed E-state index contributed by atoms with van der Waals surface area (Å²) >= 11 is 0. The number of methoxy groups -OCH3 is 1. The number of morpholine rings is 1. The van der Waals surface area contributed by atoms with Crippen molar-refractivity contribution in [2.24, 2.45) is 0 Å². The molecule has 2 amide bonds. The molecule has 7 nitrogen and oxygen atoms in total. The van der Waals surface area contributed by atoms with Crippen molar-refractivity contribution in [1.82, 2.24) is 14.7 Å². The molecule has 0 aliphatic carbocycles. The number of hydrogen-bond donors (Lipinski definition) is 0. The fourth-order valence-electron chi connectivity index (χ4n) is 3.31. The zero-order chi connectivity index (χ0) is 18.4. The number of benzene rings is 1. The summed E-state index contributed by atoms with van der Waals surface area (Å²) in [7, 11) is 1.60. The van der Waals surface area contributed by atoms with Crippen molar-refractivity contribution in [3.8, 4) is 5.75 Å². The molecule has 2 saturated heterocycles. The molecule has 2 heterocycles. The lowest BCUT2D eigenvalue weighted by Crippen LogP contribution is -2.51. The summed E-state index contributed by atoms with van der Waals surface area (Å²) in [6.45, 7) is 6.44. The summed E-state index contributed by atoms with van der Waals surface area (Å²) in [5.74, 6) is 0.915. The van der Waals surface area contributed by atoms with E-state index in [1.54, 1.807) is 31.4 Å². The number of hydrogen-bond acceptors (Lipinski definition) is 5. The second-order valence-corrected chi connectivity index (χ2v) is 6.61. The number of carbonyl (C=O) groups is 2. The zero-order valence-corrected chi connectivity index (χ0v) is 15.4. The normalized spacial score (nSPS) is 18.7. The Morgan fingerprint density at radius 3 is 2.19 bits per heavy atom. The highest BCUT2D eigenvalue weighted by Crippen LogP contribution is 2.14. The van der Waals surface area contributed by atoms with Crippen molar-refractivity contribution in [3.63, 3.8) is 0 Å². The number of rotatable bonds is 5. The van der Waals surface area contributed by atoms with Crippen LogP contribution in [0.1, 0.15) is 16.8 Å². The zero-order valence-electron chi connectivity index (χ0n) is 15.4. The Bertz CT molecular complexity index is 606. The Morgan fingerprint density at radius 2 is 1.58 bits per heavy atom. The summed E-state index contributed by atoms with van der Waals surface area (Å²) in [6.07, 6.45) is 0.534. The quantitative estimate of drug-likeness (QED) is 0.773. The maximum atomic E-state index is 12.6. The van der Waals surface area contributed by atoms with Crippen molar-refractivity contribution in [3.05, 3.63) is 29.8 Å². The van der Waals surface area contributed by atoms with Crippen LogP contribution in [0.25, 0.3) is 0 Å². The molecular weight excluding hydrogens is 334 g/mol. The second-order valence-electron chi connectivity index (χ2n) is 6.61. The van der Waals surface area contributed by atoms with Crippen LogP contribution in [0, 0.1) is 0 Å². The summed E-state index contributed by atoms with van der Waals surface area (Å²) < 4.78 is 10.4. The smallest absolute Gasteiger partial charge is 0.253 e. The molecule has 0 unspecified atom stereocenters. The van der Waals surface area contributed by atoms with Gasteiger partial charge in [-0.2, -0.15) is 0 Å². The molecule has 3 rings (SSSR count). The lowest BCUT2D eigenvalue weighted by atomic mass is 10.1. The molecule has 0 aromatic heterocycles. The Kier molecular flexibility index (Phi) is 6.46. The van der Waals surface area contributed by atoms with Crippen LogP contribution in [0.4, 0.5) is 0 Å². The number of amides is 2. The fraction of sp³-hybridized carbons (Fsp3) is 0.579. The molecule has 142 valence electrons. The van der Waals surface area contributed by atoms with Gasteiger partial charge in [0.25, 0.3) is 5.91 Å². The topological polar surface area (TPSA) is 62.3 Å². The fourth-order valence-corrected chi connectivity index (χ4v) is 3.31. The van der Waals surface area contributed by atoms with Gasteiger partial charge in [0.05, 0.1) is 20.3 Å². The molecule has 7 heteroatoms. The highest BCUT2D eigenvalue weighted by molar-refractivity contribution is 5.94. The maximum absolute atomic E-state index is 12.6. The molecule has 0 bridgehead atoms. The molecule has 2 aliphatic heterocycles. The highest BCUT2D eigenvalue weighted by Gasteiger charge is 2.25. The van der Waals surface area contributed by atoms with Crippen LogP contribution >= 0.6 is 0 Å². The van der Waals surface area contributed by atoms with Gasteiger partial charge >= 0.3 is 0 Å². The van der Waals surface area contributed by atoms with Gasteiger partial charge in [-0.15, -0.1) is 0 Å². The van der Waals surface area contributed by atoms with Crippen LogP contribution in [0.2, 0.25) is 0 Å². The molecule has 2 aliphatic rings. The van der Waals surface area contributed by atoms with E-state index in [-0.39, 0.29) is 11.8 Å². The van der Waals surface area contributed by atoms with E-state index >= 15 is 0 Å². The summed E-state index contributed by atoms with van der Waals surface area (Å²) in [5.41, 5.74) is 0.651. The Hall–Kier alpha value is -2.12. The molecule has 26 heavy (non-hydrogen) atoms. The Morgan fingerprint density at radius 1 is 0.962 bits per heavy atom. The van der Waals surface area contributed by atoms with Crippen LogP contribution in [-0.2, 0) is 9.53 Å². The van der Waals surface area contributed by atoms with Crippen molar-refractivity contribution in [2.75, 3.05) is 66.1 Å². The predicted octanol–water partition coefficient (Wildman–Crippen LogP) is 0.702. The first-order valence-corrected chi connectivity index (χ1v) is 9.18. The van der Waals surface area contributed by atoms with Crippen molar-refractivity contribution < 1.29 is 19.1 Å². The van der Waals surface area contributed by atoms with E-state index in [0.717, 1.165) is 38.6 Å². The van der Waals surface area contributed by atoms with Gasteiger partial charge in [0.1, 0.15) is 5.75 Å². The van der Waals surface area contributed by atoms with Crippen LogP contribution in [0.15, 0.2) is 24.3 Å². The second kappa shape index (κ2) is 9.00. The number of nitrogens with zero attached hydrogens (tertiary/aromatic N) is 3. The lowest BCUT2D eigenvalue weighted by Gasteiger charge is -2.35. The number of piperazine rings is 1. The number of ether oxygens (including phenoxy) is 2. The molecule has 0 atom stereocenters. The van der Waals surface area contributed by atoms with Crippen LogP contribution in [0.5, 0.6) is 5.75 Å². The first-order chi connectivity index (χ1) is 12.7. The number of carbonyl (C=O) groups excluding carboxylic acids is 2. The summed E-state index contributed by atoms with van der Waals surface area (Å²) in [5, 5.41) is 0. The SMILES string of the molecule is COc1ccc(C(=O)N2CCN(C(=O)CCN3CCOCC3)CC2)cc1. The predicted molar refractivity (Wildman–Crippen MR) is 97.4 cm³/mol. The average Bonchev–Trinajstić information content (AvgIpc) is 2.72. The minimum absolute atomic E-state index is 0.00747. The van der Waals surface area contributed by atoms with Crippen LogP contribution in [0.3, 0.4) is 0 Å². The van der Waals surface area contributed by atoms with Gasteiger partial charge in [0, 0.05) is 57.8 Å². The first kappa shape index (κ1) is 18.7. The van der Waals surface area contributed by atoms with E-state index in [4.69, 9.17) is 9.47 Å². The summed E-state index contributed by atoms with van der Waals surface area (Å²) in [6, 6.07) is 7.14. The van der Waals surface area contributed by atoms with Crippen molar-refractivity contribution >= 4 is 11.8 Å². The van der Waals surface area contributed by atoms with Crippen molar-refractivity contribution in [2.45, 2.75) is 6.42 Å². The molecule has 1 aromatic carbocycles. The van der Waals surface area contributed by atoms with Gasteiger partial charge in [-0.25, -0.2) is 0 Å². The minimum Gasteiger partial charge on any atom is -0.497 e. The lowest BCUT2D eigenvalue weighted by molar-refractivity contribution is -0.133. The molecule has 1 aromatic rings. The molecule has 0 saturated carbocycles. The van der Waals surface area contributed by atoms with E-state index in [2.05, 4.69) is 4.90 Å². The molecule has 2 fully saturated rings. The van der Waals surface area contributed by atoms with Crippen LogP contribution in [-0.4, -0.2) is 92.7 Å². The van der Waals surface area contributed by atoms with E-state index in [0.29, 0.717) is 38.2 Å². The Balaban J connectivity index is 1.44. The van der Waals surface area contributed by atoms with Gasteiger partial charge in [-0.05, 0) is 24.3 Å². The van der Waals surface area contributed by atoms with Gasteiger partial charge in [0.2, 0.25) is 5.91 Å². The molecular formula is C19H27N3O4. The molecule has 0 N–H and O–H groups in total. The standard InChI is InChI=1S/C19H27N3O4/c1-25-17-4-2-16(3-5-17)19(24)22-10-8-21(9-11-22)18(23)6-7-20-12-14-26-15-13-20/h2-5H,6-15H2,1H3. The average molecular weight is 361 g/mol. The Labute approximate surface area is 154 Å². The highest BCUT2D eigenvalue weighted by atomic mass is 16.5. The largest absolute Gasteiger partial charge is 0.497 e. The molecule has 0 radical (unpaired) electrons. The third-order valence-electron chi connectivity index (χ3n) is 5.00. The van der Waals surface area contributed by atoms with E-state index in [1.807, 2.05) is 9.80 Å². The monoisotopic (exact) mass is 361 g/mol. The van der Waals surface area contributed by atoms with Gasteiger partial charge in [-0.3, -0.25) is 14.5 Å². The minimum atomic E-state index is 0.00747. The molecule has 0 spiro atoms. The van der Waals surface area contributed by atoms with Crippen molar-refractivity contribution in [1.29, 1.82) is 0 Å². The van der Waals surface area contributed by atoms with E-state index in [1.165, 1.54) is 0 Å². The van der Waals surface area contributed by atoms with E-state index in [9.17, 15) is 9.59 Å². The van der Waals surface area contributed by atoms with E-state index < -0.39 is 0 Å². The van der Waals surface area contributed by atoms with Crippen LogP contribution < -0.4 is 4.74 Å². The van der Waals surface area contributed by atoms with Gasteiger partial charge in [0.15, 0.2) is 0 Å². The van der Waals surface area contributed by atoms with Gasteiger partial charge in [-0.1, -0.05) is 0 Å². The maximum Gasteiger partial charge on any atom is 0.253 e. The first-order valence-electron chi connectivity index (χ1n) is 9.18. The third kappa shape index (κ3) is 4.74. The summed E-state index contributed by atoms with van der Waals surface area (Å²) in [4.78, 5) is 30.9. The van der Waals surface area contributed by atoms with Gasteiger partial charge < -0.3 is 19.3 Å². The third-order valence-corrected chi connectivity index (χ3v) is 5.00.